The van der Waals surface area contributed by atoms with Gasteiger partial charge in [0.2, 0.25) is 0 Å². The fourth-order valence-electron chi connectivity index (χ4n) is 2.80. The van der Waals surface area contributed by atoms with Gasteiger partial charge in [0.25, 0.3) is 0 Å². The third-order valence-electron chi connectivity index (χ3n) is 3.90. The minimum absolute atomic E-state index is 0.388. The minimum Gasteiger partial charge on any atom is -0.477 e. The van der Waals surface area contributed by atoms with Crippen molar-refractivity contribution in [3.63, 3.8) is 0 Å². The fraction of sp³-hybridized carbons (Fsp3) is 0.312. The van der Waals surface area contributed by atoms with Crippen molar-refractivity contribution < 1.29 is 9.90 Å². The highest BCUT2D eigenvalue weighted by Gasteiger charge is 2.21. The van der Waals surface area contributed by atoms with Gasteiger partial charge in [0.1, 0.15) is 4.88 Å². The van der Waals surface area contributed by atoms with Gasteiger partial charge in [-0.1, -0.05) is 24.3 Å². The van der Waals surface area contributed by atoms with Gasteiger partial charge in [-0.3, -0.25) is 0 Å². The van der Waals surface area contributed by atoms with Crippen LogP contribution in [0.2, 0.25) is 0 Å². The van der Waals surface area contributed by atoms with Crippen molar-refractivity contribution in [2.45, 2.75) is 32.4 Å². The first kappa shape index (κ1) is 13.3. The zero-order valence-electron chi connectivity index (χ0n) is 11.3. The minimum atomic E-state index is -0.837. The van der Waals surface area contributed by atoms with Crippen LogP contribution in [0.4, 0.5) is 0 Å². The number of fused-ring (bicyclic) bond motifs is 1. The third kappa shape index (κ3) is 2.49. The Kier molecular flexibility index (Phi) is 3.59. The van der Waals surface area contributed by atoms with Gasteiger partial charge in [-0.2, -0.15) is 0 Å². The van der Waals surface area contributed by atoms with Crippen LogP contribution in [0.15, 0.2) is 30.3 Å². The fourth-order valence-corrected chi connectivity index (χ4v) is 3.68. The lowest BCUT2D eigenvalue weighted by molar-refractivity contribution is 0.0702. The number of carboxylic acid groups (broad SMARTS) is 1. The molecule has 0 radical (unpaired) electrons. The van der Waals surface area contributed by atoms with Gasteiger partial charge in [-0.05, 0) is 42.5 Å². The predicted octanol–water partition coefficient (Wildman–Crippen LogP) is 3.53. The molecule has 2 N–H and O–H groups in total. The summed E-state index contributed by atoms with van der Waals surface area (Å²) in [6, 6.07) is 10.7. The van der Waals surface area contributed by atoms with Crippen LogP contribution in [0.1, 0.15) is 43.7 Å². The molecule has 3 nitrogen and oxygen atoms in total. The number of carbonyl (C=O) groups is 1. The molecule has 20 heavy (non-hydrogen) atoms. The highest BCUT2D eigenvalue weighted by atomic mass is 32.1. The summed E-state index contributed by atoms with van der Waals surface area (Å²) in [7, 11) is 0. The molecule has 0 saturated heterocycles. The van der Waals surface area contributed by atoms with Crippen molar-refractivity contribution in [3.8, 4) is 0 Å². The summed E-state index contributed by atoms with van der Waals surface area (Å²) in [6.45, 7) is 2.71. The Morgan fingerprint density at radius 2 is 2.25 bits per heavy atom. The summed E-state index contributed by atoms with van der Waals surface area (Å²) < 4.78 is 0. The average Bonchev–Trinajstić information content (AvgIpc) is 3.00. The number of nitrogens with one attached hydrogen (secondary N) is 1. The van der Waals surface area contributed by atoms with E-state index in [2.05, 4.69) is 29.6 Å². The molecule has 1 aromatic heterocycles. The highest BCUT2D eigenvalue weighted by Crippen LogP contribution is 2.31. The molecule has 1 aliphatic rings. The number of rotatable bonds is 4. The van der Waals surface area contributed by atoms with Crippen LogP contribution >= 0.6 is 11.3 Å². The molecule has 104 valence electrons. The Labute approximate surface area is 122 Å². The Hall–Kier alpha value is -1.65. The van der Waals surface area contributed by atoms with E-state index in [1.54, 1.807) is 6.07 Å². The van der Waals surface area contributed by atoms with E-state index in [-0.39, 0.29) is 0 Å². The molecular weight excluding hydrogens is 270 g/mol. The summed E-state index contributed by atoms with van der Waals surface area (Å²) in [6.07, 6.45) is 2.24. The van der Waals surface area contributed by atoms with Crippen LogP contribution in [0.3, 0.4) is 0 Å². The van der Waals surface area contributed by atoms with E-state index >= 15 is 0 Å². The van der Waals surface area contributed by atoms with Crippen molar-refractivity contribution >= 4 is 17.3 Å². The van der Waals surface area contributed by atoms with Gasteiger partial charge in [0.15, 0.2) is 0 Å². The molecule has 1 aliphatic carbocycles. The van der Waals surface area contributed by atoms with Gasteiger partial charge < -0.3 is 10.4 Å². The lowest BCUT2D eigenvalue weighted by Crippen LogP contribution is -2.18. The smallest absolute Gasteiger partial charge is 0.345 e. The van der Waals surface area contributed by atoms with Crippen molar-refractivity contribution in [3.05, 3.63) is 56.8 Å². The quantitative estimate of drug-likeness (QED) is 0.904. The number of carboxylic acids is 1. The number of aromatic carboxylic acids is 1. The lowest BCUT2D eigenvalue weighted by atomic mass is 10.1. The molecule has 0 fully saturated rings. The van der Waals surface area contributed by atoms with E-state index in [9.17, 15) is 4.79 Å². The molecule has 3 rings (SSSR count). The molecule has 1 aromatic carbocycles. The SMILES string of the molecule is Cc1sc(C(=O)O)cc1CNC1CCc2ccccc21. The van der Waals surface area contributed by atoms with Gasteiger partial charge >= 0.3 is 5.97 Å². The molecule has 4 heteroatoms. The second kappa shape index (κ2) is 5.38. The van der Waals surface area contributed by atoms with Gasteiger partial charge in [0, 0.05) is 17.5 Å². The highest BCUT2D eigenvalue weighted by molar-refractivity contribution is 7.14. The van der Waals surface area contributed by atoms with E-state index in [1.165, 1.54) is 22.5 Å². The number of benzene rings is 1. The van der Waals surface area contributed by atoms with E-state index in [1.807, 2.05) is 6.92 Å². The monoisotopic (exact) mass is 287 g/mol. The van der Waals surface area contributed by atoms with Crippen LogP contribution in [-0.2, 0) is 13.0 Å². The van der Waals surface area contributed by atoms with E-state index in [4.69, 9.17) is 5.11 Å². The summed E-state index contributed by atoms with van der Waals surface area (Å²) >= 11 is 1.35. The van der Waals surface area contributed by atoms with Crippen LogP contribution < -0.4 is 5.32 Å². The van der Waals surface area contributed by atoms with Crippen LogP contribution in [-0.4, -0.2) is 11.1 Å². The normalized spacial score (nSPS) is 17.1. The van der Waals surface area contributed by atoms with E-state index in [0.717, 1.165) is 29.8 Å². The Morgan fingerprint density at radius 3 is 3.00 bits per heavy atom. The maximum Gasteiger partial charge on any atom is 0.345 e. The van der Waals surface area contributed by atoms with Gasteiger partial charge in [-0.25, -0.2) is 4.79 Å². The Morgan fingerprint density at radius 1 is 1.45 bits per heavy atom. The first-order valence-corrected chi connectivity index (χ1v) is 7.60. The summed E-state index contributed by atoms with van der Waals surface area (Å²) in [5.74, 6) is -0.837. The Balaban J connectivity index is 1.70. The number of aryl methyl sites for hydroxylation is 2. The van der Waals surface area contributed by atoms with Crippen molar-refractivity contribution in [1.29, 1.82) is 0 Å². The summed E-state index contributed by atoms with van der Waals surface area (Å²) in [5.41, 5.74) is 3.91. The molecule has 0 saturated carbocycles. The van der Waals surface area contributed by atoms with Crippen LogP contribution in [0.5, 0.6) is 0 Å². The lowest BCUT2D eigenvalue weighted by Gasteiger charge is -2.13. The maximum atomic E-state index is 11.0. The molecule has 0 spiro atoms. The van der Waals surface area contributed by atoms with Crippen LogP contribution in [0, 0.1) is 6.92 Å². The average molecular weight is 287 g/mol. The first-order chi connectivity index (χ1) is 9.65. The largest absolute Gasteiger partial charge is 0.477 e. The zero-order valence-corrected chi connectivity index (χ0v) is 12.2. The summed E-state index contributed by atoms with van der Waals surface area (Å²) in [5, 5.41) is 12.6. The standard InChI is InChI=1S/C16H17NO2S/c1-10-12(8-15(20-10)16(18)19)9-17-14-7-6-11-4-2-3-5-13(11)14/h2-5,8,14,17H,6-7,9H2,1H3,(H,18,19). The second-order valence-corrected chi connectivity index (χ2v) is 6.42. The molecule has 0 bridgehead atoms. The number of thiophene rings is 1. The zero-order chi connectivity index (χ0) is 14.1. The molecule has 1 unspecified atom stereocenters. The van der Waals surface area contributed by atoms with E-state index < -0.39 is 5.97 Å². The molecule has 1 heterocycles. The Bertz CT molecular complexity index is 648. The first-order valence-electron chi connectivity index (χ1n) is 6.79. The molecule has 2 aromatic rings. The van der Waals surface area contributed by atoms with Gasteiger partial charge in [0.05, 0.1) is 0 Å². The van der Waals surface area contributed by atoms with Crippen molar-refractivity contribution in [2.75, 3.05) is 0 Å². The number of hydrogen-bond acceptors (Lipinski definition) is 3. The molecule has 1 atom stereocenters. The molecule has 0 aliphatic heterocycles. The number of hydrogen-bond donors (Lipinski definition) is 2. The van der Waals surface area contributed by atoms with Crippen molar-refractivity contribution in [2.24, 2.45) is 0 Å². The third-order valence-corrected chi connectivity index (χ3v) is 4.98. The van der Waals surface area contributed by atoms with Gasteiger partial charge in [-0.15, -0.1) is 11.3 Å². The van der Waals surface area contributed by atoms with Crippen LogP contribution in [0.25, 0.3) is 0 Å². The molecular formula is C16H17NO2S. The van der Waals surface area contributed by atoms with Crippen molar-refractivity contribution in [1.82, 2.24) is 5.32 Å². The summed E-state index contributed by atoms with van der Waals surface area (Å²) in [4.78, 5) is 12.5. The molecule has 0 amide bonds. The topological polar surface area (TPSA) is 49.3 Å². The second-order valence-electron chi connectivity index (χ2n) is 5.17. The van der Waals surface area contributed by atoms with E-state index in [0.29, 0.717) is 10.9 Å². The predicted molar refractivity (Wildman–Crippen MR) is 80.4 cm³/mol. The maximum absolute atomic E-state index is 11.0.